The van der Waals surface area contributed by atoms with E-state index in [2.05, 4.69) is 109 Å². The summed E-state index contributed by atoms with van der Waals surface area (Å²) in [5.41, 5.74) is 13.1. The second-order valence-electron chi connectivity index (χ2n) is 14.6. The zero-order valence-electron chi connectivity index (χ0n) is 32.6. The molecule has 0 atom stereocenters. The molecule has 0 spiro atoms. The second-order valence-corrected chi connectivity index (χ2v) is 14.6. The Bertz CT molecular complexity index is 3180. The molecule has 0 radical (unpaired) electrons. The normalized spacial score (nSPS) is 12.2. The Labute approximate surface area is 348 Å². The summed E-state index contributed by atoms with van der Waals surface area (Å²) in [6.07, 6.45) is 8.57. The molecule has 0 saturated heterocycles. The molecule has 0 N–H and O–H groups in total. The second kappa shape index (κ2) is 16.0. The van der Waals surface area contributed by atoms with Gasteiger partial charge in [0.1, 0.15) is 0 Å². The summed E-state index contributed by atoms with van der Waals surface area (Å²) in [4.78, 5) is 25.5. The standard InChI is InChI=1S/C54H36N6/c55-35-42-21-7-8-26-43(42)38-22-16-25-41(34-38)53-58-52(37-19-5-2-6-20-37)59-54(60-53)47-30-12-10-28-45(47)40-24-15-23-39(33-40)44-27-9-11-29-46(44)50-48-31-13-14-32-49(48)56-51(57-50)36-17-3-1-4-18-36/h2-3,5-34H,1,4H2. The summed E-state index contributed by atoms with van der Waals surface area (Å²) < 4.78 is 0. The summed E-state index contributed by atoms with van der Waals surface area (Å²) in [6.45, 7) is 0. The minimum atomic E-state index is 0.545. The molecule has 7 aromatic carbocycles. The SMILES string of the molecule is N#Cc1ccccc1-c1cccc(-c2nc(-c3ccccc3)nc(-c3ccccc3-c3cccc(-c4ccccc4-c4nc(C5=CCCC=C5)nc5ccccc45)c3)n2)c1. The topological polar surface area (TPSA) is 88.2 Å². The summed E-state index contributed by atoms with van der Waals surface area (Å²) in [6, 6.07) is 61.7. The van der Waals surface area contributed by atoms with Crippen molar-refractivity contribution in [3.8, 4) is 84.9 Å². The predicted molar refractivity (Wildman–Crippen MR) is 242 cm³/mol. The number of hydrogen-bond donors (Lipinski definition) is 0. The third kappa shape index (κ3) is 7.06. The van der Waals surface area contributed by atoms with E-state index in [1.54, 1.807) is 0 Å². The van der Waals surface area contributed by atoms with Crippen LogP contribution in [0.15, 0.2) is 194 Å². The van der Waals surface area contributed by atoms with Crippen molar-refractivity contribution >= 4 is 16.5 Å². The lowest BCUT2D eigenvalue weighted by Gasteiger charge is -2.16. The average Bonchev–Trinajstić information content (AvgIpc) is 3.34. The zero-order valence-corrected chi connectivity index (χ0v) is 32.6. The molecule has 6 nitrogen and oxygen atoms in total. The van der Waals surface area contributed by atoms with Gasteiger partial charge in [0.05, 0.1) is 22.8 Å². The minimum absolute atomic E-state index is 0.545. The molecule has 0 amide bonds. The van der Waals surface area contributed by atoms with Crippen LogP contribution < -0.4 is 0 Å². The first-order valence-corrected chi connectivity index (χ1v) is 20.0. The van der Waals surface area contributed by atoms with Crippen LogP contribution in [0.1, 0.15) is 24.2 Å². The lowest BCUT2D eigenvalue weighted by Crippen LogP contribution is -2.01. The smallest absolute Gasteiger partial charge is 0.164 e. The molecule has 1 aliphatic rings. The lowest BCUT2D eigenvalue weighted by molar-refractivity contribution is 1.03. The van der Waals surface area contributed by atoms with E-state index in [1.165, 1.54) is 0 Å². The van der Waals surface area contributed by atoms with E-state index in [0.29, 0.717) is 23.0 Å². The molecule has 9 aromatic rings. The van der Waals surface area contributed by atoms with Gasteiger partial charge in [-0.3, -0.25) is 0 Å². The number of rotatable bonds is 8. The van der Waals surface area contributed by atoms with Crippen LogP contribution in [0.5, 0.6) is 0 Å². The zero-order chi connectivity index (χ0) is 40.3. The number of aromatic nitrogens is 5. The van der Waals surface area contributed by atoms with Gasteiger partial charge in [0.15, 0.2) is 23.3 Å². The first-order valence-electron chi connectivity index (χ1n) is 20.0. The summed E-state index contributed by atoms with van der Waals surface area (Å²) in [5.74, 6) is 2.42. The molecule has 0 bridgehead atoms. The molecule has 2 aromatic heterocycles. The first kappa shape index (κ1) is 36.2. The van der Waals surface area contributed by atoms with Gasteiger partial charge in [0.2, 0.25) is 0 Å². The van der Waals surface area contributed by atoms with Gasteiger partial charge >= 0.3 is 0 Å². The molecule has 10 rings (SSSR count). The number of fused-ring (bicyclic) bond motifs is 1. The molecule has 0 saturated carbocycles. The van der Waals surface area contributed by atoms with Gasteiger partial charge in [0.25, 0.3) is 0 Å². The fraction of sp³-hybridized carbons (Fsp3) is 0.0370. The Balaban J connectivity index is 1.09. The van der Waals surface area contributed by atoms with Crippen molar-refractivity contribution in [1.29, 1.82) is 5.26 Å². The lowest BCUT2D eigenvalue weighted by atomic mass is 9.92. The van der Waals surface area contributed by atoms with Crippen LogP contribution in [0.3, 0.4) is 0 Å². The van der Waals surface area contributed by atoms with E-state index >= 15 is 0 Å². The van der Waals surface area contributed by atoms with E-state index in [-0.39, 0.29) is 0 Å². The Kier molecular flexibility index (Phi) is 9.67. The highest BCUT2D eigenvalue weighted by atomic mass is 15.0. The number of allylic oxidation sites excluding steroid dienone is 4. The van der Waals surface area contributed by atoms with Crippen molar-refractivity contribution in [1.82, 2.24) is 24.9 Å². The largest absolute Gasteiger partial charge is 0.228 e. The monoisotopic (exact) mass is 768 g/mol. The van der Waals surface area contributed by atoms with Gasteiger partial charge in [-0.25, -0.2) is 24.9 Å². The molecular weight excluding hydrogens is 733 g/mol. The molecule has 0 aliphatic heterocycles. The van der Waals surface area contributed by atoms with Crippen LogP contribution in [0.4, 0.5) is 0 Å². The molecule has 282 valence electrons. The Morgan fingerprint density at radius 1 is 0.400 bits per heavy atom. The molecule has 0 unspecified atom stereocenters. The van der Waals surface area contributed by atoms with Crippen molar-refractivity contribution in [2.45, 2.75) is 12.8 Å². The highest BCUT2D eigenvalue weighted by Crippen LogP contribution is 2.39. The van der Waals surface area contributed by atoms with Gasteiger partial charge in [-0.2, -0.15) is 5.26 Å². The minimum Gasteiger partial charge on any atom is -0.228 e. The number of para-hydroxylation sites is 1. The van der Waals surface area contributed by atoms with Gasteiger partial charge in [-0.15, -0.1) is 0 Å². The van der Waals surface area contributed by atoms with Crippen molar-refractivity contribution in [2.24, 2.45) is 0 Å². The highest BCUT2D eigenvalue weighted by molar-refractivity contribution is 5.98. The third-order valence-corrected chi connectivity index (χ3v) is 10.8. The molecule has 60 heavy (non-hydrogen) atoms. The fourth-order valence-electron chi connectivity index (χ4n) is 7.92. The highest BCUT2D eigenvalue weighted by Gasteiger charge is 2.19. The quantitative estimate of drug-likeness (QED) is 0.153. The third-order valence-electron chi connectivity index (χ3n) is 10.8. The van der Waals surface area contributed by atoms with Crippen LogP contribution in [0, 0.1) is 11.3 Å². The maximum absolute atomic E-state index is 9.86. The Hall–Kier alpha value is -8.14. The van der Waals surface area contributed by atoms with Crippen LogP contribution in [-0.2, 0) is 0 Å². The van der Waals surface area contributed by atoms with E-state index in [4.69, 9.17) is 24.9 Å². The number of nitriles is 1. The van der Waals surface area contributed by atoms with Gasteiger partial charge in [-0.1, -0.05) is 170 Å². The molecule has 6 heteroatoms. The molecule has 2 heterocycles. The number of nitrogens with zero attached hydrogens (tertiary/aromatic N) is 6. The Morgan fingerprint density at radius 3 is 1.68 bits per heavy atom. The maximum atomic E-state index is 9.86. The van der Waals surface area contributed by atoms with E-state index < -0.39 is 0 Å². The summed E-state index contributed by atoms with van der Waals surface area (Å²) >= 11 is 0. The van der Waals surface area contributed by atoms with E-state index in [9.17, 15) is 5.26 Å². The Morgan fingerprint density at radius 2 is 0.950 bits per heavy atom. The van der Waals surface area contributed by atoms with Gasteiger partial charge in [0, 0.05) is 33.2 Å². The van der Waals surface area contributed by atoms with Crippen LogP contribution in [-0.4, -0.2) is 24.9 Å². The molecule has 0 fully saturated rings. The maximum Gasteiger partial charge on any atom is 0.164 e. The predicted octanol–water partition coefficient (Wildman–Crippen LogP) is 13.1. The summed E-state index contributed by atoms with van der Waals surface area (Å²) in [7, 11) is 0. The van der Waals surface area contributed by atoms with E-state index in [1.807, 2.05) is 91.0 Å². The van der Waals surface area contributed by atoms with E-state index in [0.717, 1.165) is 96.5 Å². The number of benzene rings is 7. The van der Waals surface area contributed by atoms with Crippen molar-refractivity contribution in [3.63, 3.8) is 0 Å². The first-order chi connectivity index (χ1) is 29.7. The van der Waals surface area contributed by atoms with Crippen molar-refractivity contribution in [2.75, 3.05) is 0 Å². The van der Waals surface area contributed by atoms with Gasteiger partial charge in [-0.05, 0) is 70.5 Å². The summed E-state index contributed by atoms with van der Waals surface area (Å²) in [5, 5.41) is 10.9. The van der Waals surface area contributed by atoms with Crippen LogP contribution >= 0.6 is 0 Å². The molecule has 1 aliphatic carbocycles. The fourth-order valence-corrected chi connectivity index (χ4v) is 7.92. The number of hydrogen-bond acceptors (Lipinski definition) is 6. The van der Waals surface area contributed by atoms with Crippen molar-refractivity contribution < 1.29 is 0 Å². The average molecular weight is 769 g/mol. The molecular formula is C54H36N6. The van der Waals surface area contributed by atoms with Gasteiger partial charge < -0.3 is 0 Å². The van der Waals surface area contributed by atoms with Crippen LogP contribution in [0.2, 0.25) is 0 Å². The van der Waals surface area contributed by atoms with Crippen LogP contribution in [0.25, 0.3) is 95.3 Å². The van der Waals surface area contributed by atoms with Crippen molar-refractivity contribution in [3.05, 3.63) is 206 Å².